The van der Waals surface area contributed by atoms with Gasteiger partial charge in [0.15, 0.2) is 0 Å². The van der Waals surface area contributed by atoms with Crippen molar-refractivity contribution in [1.29, 1.82) is 0 Å². The molecule has 4 aliphatic heterocycles. The van der Waals surface area contributed by atoms with Crippen LogP contribution < -0.4 is 15.5 Å². The molecule has 1 aromatic heterocycles. The van der Waals surface area contributed by atoms with E-state index in [0.717, 1.165) is 49.3 Å². The van der Waals surface area contributed by atoms with Crippen molar-refractivity contribution in [3.63, 3.8) is 0 Å². The van der Waals surface area contributed by atoms with E-state index in [-0.39, 0.29) is 30.6 Å². The number of aromatic nitrogens is 2. The van der Waals surface area contributed by atoms with Gasteiger partial charge in [-0.25, -0.2) is 18.7 Å². The minimum atomic E-state index is -2.97. The van der Waals surface area contributed by atoms with E-state index in [9.17, 15) is 14.4 Å². The number of hydrogen-bond donors (Lipinski definition) is 2. The highest BCUT2D eigenvalue weighted by Crippen LogP contribution is 2.35. The molecule has 2 aromatic carbocycles. The van der Waals surface area contributed by atoms with Crippen molar-refractivity contribution in [2.45, 2.75) is 69.1 Å². The van der Waals surface area contributed by atoms with Gasteiger partial charge in [-0.05, 0) is 79.6 Å². The predicted molar refractivity (Wildman–Crippen MR) is 172 cm³/mol. The number of anilines is 2. The van der Waals surface area contributed by atoms with Gasteiger partial charge in [0.25, 0.3) is 11.8 Å². The van der Waals surface area contributed by atoms with Gasteiger partial charge in [-0.2, -0.15) is 0 Å². The Hall–Kier alpha value is -4.16. The number of halogens is 3. The topological polar surface area (TPSA) is 111 Å². The highest BCUT2D eigenvalue weighted by molar-refractivity contribution is 6.30. The molecule has 2 N–H and O–H groups in total. The lowest BCUT2D eigenvalue weighted by molar-refractivity contribution is -0.136. The molecule has 3 saturated heterocycles. The van der Waals surface area contributed by atoms with Crippen molar-refractivity contribution < 1.29 is 23.2 Å². The third kappa shape index (κ3) is 6.66. The standard InChI is InChI=1S/C34H36ClF2N7O3/c35-25-16-38-33(39-17-25)40-29-11-14-43(20-34(29,36)37)26-4-1-21(2-5-26)18-42-12-9-22(10-13-42)23-3-6-27-24(15-23)19-44(32(27)47)28-7-8-30(45)41-31(28)46/h1-6,15-17,22,28-29H,7-14,18-20H2,(H,38,39,40)(H,41,45,46)/t28?,29-/m1/s1. The molecular formula is C34H36ClF2N7O3. The zero-order chi connectivity index (χ0) is 32.7. The van der Waals surface area contributed by atoms with Crippen LogP contribution in [0.2, 0.25) is 5.02 Å². The molecule has 246 valence electrons. The minimum Gasteiger partial charge on any atom is -0.365 e. The van der Waals surface area contributed by atoms with Crippen LogP contribution in [0, 0.1) is 0 Å². The summed E-state index contributed by atoms with van der Waals surface area (Å²) in [6, 6.07) is 12.3. The lowest BCUT2D eigenvalue weighted by Gasteiger charge is -2.39. The van der Waals surface area contributed by atoms with E-state index in [1.807, 2.05) is 36.4 Å². The highest BCUT2D eigenvalue weighted by atomic mass is 35.5. The number of nitrogens with zero attached hydrogens (tertiary/aromatic N) is 5. The average molecular weight is 664 g/mol. The summed E-state index contributed by atoms with van der Waals surface area (Å²) in [7, 11) is 0. The van der Waals surface area contributed by atoms with E-state index in [2.05, 4.69) is 31.6 Å². The van der Waals surface area contributed by atoms with Crippen molar-refractivity contribution in [2.24, 2.45) is 0 Å². The van der Waals surface area contributed by atoms with E-state index in [0.29, 0.717) is 36.0 Å². The first-order chi connectivity index (χ1) is 22.6. The molecule has 0 bridgehead atoms. The first-order valence-corrected chi connectivity index (χ1v) is 16.5. The van der Waals surface area contributed by atoms with Crippen molar-refractivity contribution in [3.05, 3.63) is 82.1 Å². The number of hydrogen-bond acceptors (Lipinski definition) is 8. The second-order valence-electron chi connectivity index (χ2n) is 12.9. The molecule has 0 aliphatic carbocycles. The maximum atomic E-state index is 15.1. The predicted octanol–water partition coefficient (Wildman–Crippen LogP) is 4.60. The van der Waals surface area contributed by atoms with E-state index in [1.165, 1.54) is 18.0 Å². The number of fused-ring (bicyclic) bond motifs is 1. The molecule has 3 fully saturated rings. The summed E-state index contributed by atoms with van der Waals surface area (Å²) in [5, 5.41) is 5.47. The van der Waals surface area contributed by atoms with Gasteiger partial charge < -0.3 is 15.1 Å². The summed E-state index contributed by atoms with van der Waals surface area (Å²) >= 11 is 5.80. The van der Waals surface area contributed by atoms with Crippen LogP contribution in [0.4, 0.5) is 20.4 Å². The van der Waals surface area contributed by atoms with Crippen LogP contribution in [-0.2, 0) is 22.7 Å². The second-order valence-corrected chi connectivity index (χ2v) is 13.4. The zero-order valence-corrected chi connectivity index (χ0v) is 26.6. The fourth-order valence-electron chi connectivity index (χ4n) is 7.22. The number of benzene rings is 2. The van der Waals surface area contributed by atoms with Crippen molar-refractivity contribution in [2.75, 3.05) is 36.4 Å². The fraction of sp³-hybridized carbons (Fsp3) is 0.441. The van der Waals surface area contributed by atoms with Crippen molar-refractivity contribution in [1.82, 2.24) is 25.1 Å². The van der Waals surface area contributed by atoms with Crippen molar-refractivity contribution in [3.8, 4) is 0 Å². The molecule has 4 aliphatic rings. The molecule has 1 unspecified atom stereocenters. The molecule has 0 saturated carbocycles. The lowest BCUT2D eigenvalue weighted by atomic mass is 9.87. The summed E-state index contributed by atoms with van der Waals surface area (Å²) in [6.45, 7) is 3.12. The number of likely N-dealkylation sites (tertiary alicyclic amines) is 1. The highest BCUT2D eigenvalue weighted by Gasteiger charge is 2.45. The monoisotopic (exact) mass is 663 g/mol. The number of nitrogens with one attached hydrogen (secondary N) is 2. The van der Waals surface area contributed by atoms with Gasteiger partial charge in [0.1, 0.15) is 6.04 Å². The Kier molecular flexibility index (Phi) is 8.56. The number of alkyl halides is 2. The molecule has 5 heterocycles. The van der Waals surface area contributed by atoms with Gasteiger partial charge >= 0.3 is 0 Å². The second kappa shape index (κ2) is 12.8. The smallest absolute Gasteiger partial charge is 0.284 e. The van der Waals surface area contributed by atoms with Gasteiger partial charge in [-0.1, -0.05) is 35.9 Å². The van der Waals surface area contributed by atoms with Crippen molar-refractivity contribution >= 4 is 41.0 Å². The third-order valence-corrected chi connectivity index (χ3v) is 10.0. The number of piperidine rings is 3. The van der Waals surface area contributed by atoms with Gasteiger partial charge in [-0.3, -0.25) is 24.6 Å². The van der Waals surface area contributed by atoms with E-state index < -0.39 is 30.5 Å². The van der Waals surface area contributed by atoms with E-state index in [1.54, 1.807) is 9.80 Å². The molecule has 0 spiro atoms. The molecule has 0 radical (unpaired) electrons. The lowest BCUT2D eigenvalue weighted by Crippen LogP contribution is -2.54. The summed E-state index contributed by atoms with van der Waals surface area (Å²) in [5.41, 5.74) is 4.70. The maximum absolute atomic E-state index is 15.1. The van der Waals surface area contributed by atoms with Gasteiger partial charge in [0.2, 0.25) is 17.8 Å². The van der Waals surface area contributed by atoms with Gasteiger partial charge in [0.05, 0.1) is 30.0 Å². The van der Waals surface area contributed by atoms with Crippen LogP contribution in [0.15, 0.2) is 54.9 Å². The first-order valence-electron chi connectivity index (χ1n) is 16.1. The first kappa shape index (κ1) is 31.4. The largest absolute Gasteiger partial charge is 0.365 e. The molecule has 10 nitrogen and oxygen atoms in total. The molecule has 13 heteroatoms. The fourth-order valence-corrected chi connectivity index (χ4v) is 7.32. The molecule has 3 amide bonds. The Balaban J connectivity index is 0.903. The summed E-state index contributed by atoms with van der Waals surface area (Å²) in [4.78, 5) is 50.7. The van der Waals surface area contributed by atoms with Crippen LogP contribution in [0.5, 0.6) is 0 Å². The minimum absolute atomic E-state index is 0.142. The van der Waals surface area contributed by atoms with E-state index in [4.69, 9.17) is 11.6 Å². The zero-order valence-electron chi connectivity index (χ0n) is 25.8. The summed E-state index contributed by atoms with van der Waals surface area (Å²) < 4.78 is 30.2. The van der Waals surface area contributed by atoms with Crippen LogP contribution in [0.1, 0.15) is 65.1 Å². The number of carbonyl (C=O) groups is 3. The molecule has 2 atom stereocenters. The average Bonchev–Trinajstić information content (AvgIpc) is 3.38. The third-order valence-electron chi connectivity index (χ3n) is 9.84. The summed E-state index contributed by atoms with van der Waals surface area (Å²) in [5.74, 6) is -3.29. The Morgan fingerprint density at radius 2 is 1.70 bits per heavy atom. The normalized spacial score (nSPS) is 23.5. The molecule has 7 rings (SSSR count). The van der Waals surface area contributed by atoms with Gasteiger partial charge in [0, 0.05) is 37.3 Å². The van der Waals surface area contributed by atoms with Crippen LogP contribution in [0.25, 0.3) is 0 Å². The number of carbonyl (C=O) groups excluding carboxylic acids is 3. The molecule has 3 aromatic rings. The molecule has 47 heavy (non-hydrogen) atoms. The Labute approximate surface area is 276 Å². The Bertz CT molecular complexity index is 1670. The number of amides is 3. The van der Waals surface area contributed by atoms with Gasteiger partial charge in [-0.15, -0.1) is 0 Å². The van der Waals surface area contributed by atoms with Crippen LogP contribution >= 0.6 is 11.6 Å². The van der Waals surface area contributed by atoms with E-state index >= 15 is 8.78 Å². The number of rotatable bonds is 7. The summed E-state index contributed by atoms with van der Waals surface area (Å²) in [6.07, 6.45) is 5.58. The SMILES string of the molecule is O=C1CCC(N2Cc3cc(C4CCN(Cc5ccc(N6CC[C@@H](Nc7ncc(Cl)cn7)C(F)(F)C6)cc5)CC4)ccc3C2=O)C(=O)N1. The van der Waals surface area contributed by atoms with Crippen LogP contribution in [-0.4, -0.2) is 81.7 Å². The van der Waals surface area contributed by atoms with Crippen LogP contribution in [0.3, 0.4) is 0 Å². The maximum Gasteiger partial charge on any atom is 0.284 e. The number of imide groups is 1. The molecular weight excluding hydrogens is 628 g/mol. The quantitative estimate of drug-likeness (QED) is 0.353. The Morgan fingerprint density at radius 3 is 2.40 bits per heavy atom. The Morgan fingerprint density at radius 1 is 0.957 bits per heavy atom.